The van der Waals surface area contributed by atoms with Crippen molar-refractivity contribution >= 4 is 88.2 Å². The van der Waals surface area contributed by atoms with Gasteiger partial charge >= 0.3 is 0 Å². The maximum atomic E-state index is 2.46. The van der Waals surface area contributed by atoms with Crippen molar-refractivity contribution in [1.29, 1.82) is 0 Å². The summed E-state index contributed by atoms with van der Waals surface area (Å²) in [7, 11) is -2.71. The Balaban J connectivity index is 1.07. The molecule has 0 saturated heterocycles. The number of anilines is 3. The van der Waals surface area contributed by atoms with Gasteiger partial charge in [-0.05, 0) is 90.2 Å². The van der Waals surface area contributed by atoms with Crippen molar-refractivity contribution < 1.29 is 0 Å². The van der Waals surface area contributed by atoms with Gasteiger partial charge in [0.15, 0.2) is 8.07 Å². The zero-order valence-corrected chi connectivity index (χ0v) is 35.3. The molecular weight excluding hydrogens is 771 g/mol. The summed E-state index contributed by atoms with van der Waals surface area (Å²) in [5.41, 5.74) is 8.14. The second kappa shape index (κ2) is 15.7. The van der Waals surface area contributed by atoms with Crippen LogP contribution in [-0.2, 0) is 0 Å². The summed E-state index contributed by atoms with van der Waals surface area (Å²) < 4.78 is 2.62. The summed E-state index contributed by atoms with van der Waals surface area (Å²) >= 11 is 1.89. The molecule has 0 N–H and O–H groups in total. The lowest BCUT2D eigenvalue weighted by atomic mass is 10.0. The summed E-state index contributed by atoms with van der Waals surface area (Å²) in [6.45, 7) is 0. The molecule has 61 heavy (non-hydrogen) atoms. The van der Waals surface area contributed by atoms with Crippen LogP contribution in [0.1, 0.15) is 0 Å². The molecule has 288 valence electrons. The van der Waals surface area contributed by atoms with Gasteiger partial charge in [-0.3, -0.25) is 0 Å². The first-order valence-corrected chi connectivity index (χ1v) is 23.7. The molecular formula is C58H41NSSi. The van der Waals surface area contributed by atoms with Crippen molar-refractivity contribution in [3.8, 4) is 22.3 Å². The molecule has 3 heteroatoms. The lowest BCUT2D eigenvalue weighted by molar-refractivity contribution is 1.29. The van der Waals surface area contributed by atoms with Gasteiger partial charge in [-0.1, -0.05) is 212 Å². The Morgan fingerprint density at radius 3 is 1.46 bits per heavy atom. The van der Waals surface area contributed by atoms with Crippen LogP contribution in [0, 0.1) is 0 Å². The average molecular weight is 812 g/mol. The molecule has 11 aromatic rings. The quantitative estimate of drug-likeness (QED) is 0.104. The van der Waals surface area contributed by atoms with Crippen LogP contribution in [0.2, 0.25) is 0 Å². The Morgan fingerprint density at radius 1 is 0.295 bits per heavy atom. The maximum absolute atomic E-state index is 2.71. The Morgan fingerprint density at radius 2 is 0.787 bits per heavy atom. The lowest BCUT2D eigenvalue weighted by Gasteiger charge is -2.34. The van der Waals surface area contributed by atoms with Crippen LogP contribution < -0.4 is 25.6 Å². The fourth-order valence-electron chi connectivity index (χ4n) is 9.33. The molecule has 1 heterocycles. The Labute approximate surface area is 362 Å². The van der Waals surface area contributed by atoms with Crippen LogP contribution >= 0.6 is 11.3 Å². The van der Waals surface area contributed by atoms with E-state index < -0.39 is 8.07 Å². The number of hydrogen-bond donors (Lipinski definition) is 0. The average Bonchev–Trinajstić information content (AvgIpc) is 3.72. The van der Waals surface area contributed by atoms with E-state index in [-0.39, 0.29) is 0 Å². The third-order valence-electron chi connectivity index (χ3n) is 12.2. The number of benzene rings is 10. The normalized spacial score (nSPS) is 11.6. The Bertz CT molecular complexity index is 3190. The van der Waals surface area contributed by atoms with E-state index in [9.17, 15) is 0 Å². The van der Waals surface area contributed by atoms with Crippen LogP contribution in [0.3, 0.4) is 0 Å². The van der Waals surface area contributed by atoms with Gasteiger partial charge in [0, 0.05) is 37.2 Å². The van der Waals surface area contributed by atoms with Crippen molar-refractivity contribution in [2.75, 3.05) is 4.90 Å². The topological polar surface area (TPSA) is 3.24 Å². The molecule has 0 aliphatic heterocycles. The van der Waals surface area contributed by atoms with E-state index in [1.54, 1.807) is 0 Å². The largest absolute Gasteiger partial charge is 0.310 e. The predicted molar refractivity (Wildman–Crippen MR) is 266 cm³/mol. The summed E-state index contributed by atoms with van der Waals surface area (Å²) in [5, 5.41) is 10.7. The zero-order chi connectivity index (χ0) is 40.6. The second-order valence-electron chi connectivity index (χ2n) is 15.7. The van der Waals surface area contributed by atoms with E-state index in [4.69, 9.17) is 0 Å². The van der Waals surface area contributed by atoms with Gasteiger partial charge in [0.2, 0.25) is 0 Å². The van der Waals surface area contributed by atoms with Crippen LogP contribution in [0.4, 0.5) is 17.1 Å². The van der Waals surface area contributed by atoms with Crippen molar-refractivity contribution in [3.63, 3.8) is 0 Å². The highest BCUT2D eigenvalue weighted by Gasteiger charge is 2.41. The van der Waals surface area contributed by atoms with Gasteiger partial charge < -0.3 is 4.90 Å². The van der Waals surface area contributed by atoms with Crippen molar-refractivity contribution in [2.24, 2.45) is 0 Å². The molecule has 0 aliphatic rings. The Kier molecular flexibility index (Phi) is 9.46. The highest BCUT2D eigenvalue weighted by molar-refractivity contribution is 7.26. The third-order valence-corrected chi connectivity index (χ3v) is 18.2. The SMILES string of the molecule is c1ccc(-c2ccc(N(c3cccc(-c4cccc([Si](c5ccccc5)(c5ccccc5)c5ccccc5)c4)c3)c3ccc4c(c3)sc3c5ccccc5ccc43)cc2)cc1. The molecule has 1 nitrogen and oxygen atoms in total. The minimum absolute atomic E-state index is 1.11. The molecule has 0 aliphatic carbocycles. The standard InChI is InChI=1S/C58H41NSSi/c1-5-17-42(18-6-1)43-31-34-47(35-32-43)59(49-36-38-55-56-37-33-44-19-13-14-30-54(44)58(56)60-57(55)41-49)48-22-15-20-45(39-48)46-21-16-29-53(40-46)61(50-23-7-2-8-24-50,51-25-9-3-10-26-51)52-27-11-4-12-28-52/h1-41H. The van der Waals surface area contributed by atoms with Gasteiger partial charge in [-0.2, -0.15) is 0 Å². The molecule has 0 bridgehead atoms. The first kappa shape index (κ1) is 36.8. The highest BCUT2D eigenvalue weighted by Crippen LogP contribution is 2.43. The lowest BCUT2D eigenvalue weighted by Crippen LogP contribution is -2.74. The van der Waals surface area contributed by atoms with Crippen molar-refractivity contribution in [3.05, 3.63) is 249 Å². The fourth-order valence-corrected chi connectivity index (χ4v) is 15.4. The monoisotopic (exact) mass is 811 g/mol. The molecule has 10 aromatic carbocycles. The molecule has 0 saturated carbocycles. The van der Waals surface area contributed by atoms with Gasteiger partial charge in [0.1, 0.15) is 0 Å². The second-order valence-corrected chi connectivity index (χ2v) is 20.5. The molecule has 0 radical (unpaired) electrons. The first-order valence-electron chi connectivity index (χ1n) is 20.9. The van der Waals surface area contributed by atoms with E-state index >= 15 is 0 Å². The van der Waals surface area contributed by atoms with Crippen LogP contribution in [0.15, 0.2) is 249 Å². The fraction of sp³-hybridized carbons (Fsp3) is 0. The van der Waals surface area contributed by atoms with Crippen molar-refractivity contribution in [1.82, 2.24) is 0 Å². The molecule has 0 spiro atoms. The summed E-state index contributed by atoms with van der Waals surface area (Å²) in [4.78, 5) is 2.42. The van der Waals surface area contributed by atoms with E-state index in [1.165, 1.54) is 73.9 Å². The van der Waals surface area contributed by atoms with E-state index in [0.717, 1.165) is 17.1 Å². The molecule has 0 amide bonds. The highest BCUT2D eigenvalue weighted by atomic mass is 32.1. The van der Waals surface area contributed by atoms with E-state index in [0.29, 0.717) is 0 Å². The van der Waals surface area contributed by atoms with E-state index in [1.807, 2.05) is 11.3 Å². The molecule has 11 rings (SSSR count). The number of hydrogen-bond acceptors (Lipinski definition) is 2. The van der Waals surface area contributed by atoms with Crippen LogP contribution in [0.5, 0.6) is 0 Å². The Hall–Kier alpha value is -7.30. The molecule has 0 unspecified atom stereocenters. The minimum Gasteiger partial charge on any atom is -0.310 e. The first-order chi connectivity index (χ1) is 30.2. The zero-order valence-electron chi connectivity index (χ0n) is 33.5. The predicted octanol–water partition coefficient (Wildman–Crippen LogP) is 13.4. The molecule has 0 atom stereocenters. The van der Waals surface area contributed by atoms with Gasteiger partial charge in [-0.15, -0.1) is 11.3 Å². The minimum atomic E-state index is -2.71. The molecule has 1 aromatic heterocycles. The third kappa shape index (κ3) is 6.56. The summed E-state index contributed by atoms with van der Waals surface area (Å²) in [6.07, 6.45) is 0. The van der Waals surface area contributed by atoms with Crippen molar-refractivity contribution in [2.45, 2.75) is 0 Å². The number of rotatable bonds is 9. The number of fused-ring (bicyclic) bond motifs is 5. The van der Waals surface area contributed by atoms with Gasteiger partial charge in [-0.25, -0.2) is 0 Å². The number of thiophene rings is 1. The van der Waals surface area contributed by atoms with Gasteiger partial charge in [0.25, 0.3) is 0 Å². The number of nitrogens with zero attached hydrogens (tertiary/aromatic N) is 1. The van der Waals surface area contributed by atoms with Gasteiger partial charge in [0.05, 0.1) is 0 Å². The van der Waals surface area contributed by atoms with E-state index in [2.05, 4.69) is 254 Å². The van der Waals surface area contributed by atoms with Crippen LogP contribution in [-0.4, -0.2) is 8.07 Å². The maximum Gasteiger partial charge on any atom is 0.179 e. The summed E-state index contributed by atoms with van der Waals surface area (Å²) in [5.74, 6) is 0. The summed E-state index contributed by atoms with van der Waals surface area (Å²) in [6, 6.07) is 91.8. The van der Waals surface area contributed by atoms with Crippen LogP contribution in [0.25, 0.3) is 53.2 Å². The smallest absolute Gasteiger partial charge is 0.179 e. The molecule has 0 fully saturated rings.